The van der Waals surface area contributed by atoms with Gasteiger partial charge in [-0.2, -0.15) is 0 Å². The van der Waals surface area contributed by atoms with E-state index in [0.717, 1.165) is 11.1 Å². The van der Waals surface area contributed by atoms with Gasteiger partial charge in [0.25, 0.3) is 0 Å². The topological polar surface area (TPSA) is 40.0 Å². The minimum Gasteiger partial charge on any atom is -0.463 e. The Morgan fingerprint density at radius 2 is 2.04 bits per heavy atom. The van der Waals surface area contributed by atoms with Crippen molar-refractivity contribution in [3.05, 3.63) is 60.2 Å². The van der Waals surface area contributed by atoms with Crippen LogP contribution in [-0.4, -0.2) is 35.6 Å². The lowest BCUT2D eigenvalue weighted by atomic mass is 9.95. The van der Waals surface area contributed by atoms with Crippen molar-refractivity contribution in [1.29, 1.82) is 0 Å². The number of hydrogen-bond acceptors (Lipinski definition) is 5. The van der Waals surface area contributed by atoms with Crippen LogP contribution in [0.15, 0.2) is 59.6 Å². The molecule has 3 atom stereocenters. The minimum atomic E-state index is -0.632. The summed E-state index contributed by atoms with van der Waals surface area (Å²) < 4.78 is 18.1. The molecule has 1 aromatic rings. The molecule has 0 N–H and O–H groups in total. The molecule has 0 aromatic heterocycles. The molecular weight excluding hydrogens is 322 g/mol. The van der Waals surface area contributed by atoms with Gasteiger partial charge in [-0.1, -0.05) is 54.7 Å². The van der Waals surface area contributed by atoms with Crippen LogP contribution in [0.5, 0.6) is 0 Å². The first kappa shape index (κ1) is 17.3. The third kappa shape index (κ3) is 3.91. The summed E-state index contributed by atoms with van der Waals surface area (Å²) in [7, 11) is 0. The first-order valence-electron chi connectivity index (χ1n) is 8.00. The van der Waals surface area contributed by atoms with Crippen molar-refractivity contribution in [2.24, 2.45) is 4.99 Å². The van der Waals surface area contributed by atoms with Gasteiger partial charge in [0, 0.05) is 0 Å². The molecule has 4 nitrogen and oxygen atoms in total. The van der Waals surface area contributed by atoms with Gasteiger partial charge in [-0.15, -0.1) is 0 Å². The van der Waals surface area contributed by atoms with Crippen molar-refractivity contribution in [3.8, 4) is 0 Å². The van der Waals surface area contributed by atoms with Gasteiger partial charge in [0.05, 0.1) is 6.54 Å². The number of benzene rings is 1. The molecule has 0 amide bonds. The third-order valence-corrected chi connectivity index (χ3v) is 4.54. The molecule has 2 aliphatic rings. The standard InChI is InChI=1S/C19H23NO3S/c1-13-10-11-15(17-16(13)22-19(2,3)23-17)21-18(24-4)20-12-14-8-6-5-7-9-14/h5-11,15-17H,1,12H2,2-4H3/t15-,16+,17+/m0/s1. The van der Waals surface area contributed by atoms with Crippen LogP contribution in [0.4, 0.5) is 0 Å². The maximum atomic E-state index is 6.10. The van der Waals surface area contributed by atoms with E-state index in [1.54, 1.807) is 0 Å². The highest BCUT2D eigenvalue weighted by atomic mass is 32.2. The van der Waals surface area contributed by atoms with Crippen LogP contribution in [0.2, 0.25) is 0 Å². The largest absolute Gasteiger partial charge is 0.463 e. The quantitative estimate of drug-likeness (QED) is 0.615. The molecule has 0 unspecified atom stereocenters. The van der Waals surface area contributed by atoms with E-state index in [2.05, 4.69) is 23.7 Å². The number of fused-ring (bicyclic) bond motifs is 1. The van der Waals surface area contributed by atoms with Crippen molar-refractivity contribution in [2.75, 3.05) is 6.26 Å². The highest BCUT2D eigenvalue weighted by Gasteiger charge is 2.48. The normalized spacial score (nSPS) is 28.7. The first-order chi connectivity index (χ1) is 11.5. The third-order valence-electron chi connectivity index (χ3n) is 3.96. The van der Waals surface area contributed by atoms with Gasteiger partial charge in [0.1, 0.15) is 18.3 Å². The van der Waals surface area contributed by atoms with Crippen LogP contribution < -0.4 is 0 Å². The summed E-state index contributed by atoms with van der Waals surface area (Å²) in [6.07, 6.45) is 5.28. The predicted octanol–water partition coefficient (Wildman–Crippen LogP) is 3.94. The maximum absolute atomic E-state index is 6.10. The fourth-order valence-corrected chi connectivity index (χ4v) is 3.25. The molecular formula is C19H23NO3S. The molecule has 1 aliphatic carbocycles. The second kappa shape index (κ2) is 7.13. The van der Waals surface area contributed by atoms with Crippen molar-refractivity contribution < 1.29 is 14.2 Å². The van der Waals surface area contributed by atoms with Crippen molar-refractivity contribution in [2.45, 2.75) is 44.5 Å². The molecule has 0 saturated carbocycles. The average Bonchev–Trinajstić information content (AvgIpc) is 2.91. The molecule has 0 spiro atoms. The van der Waals surface area contributed by atoms with Gasteiger partial charge >= 0.3 is 0 Å². The summed E-state index contributed by atoms with van der Waals surface area (Å²) in [5.74, 6) is -0.632. The zero-order chi connectivity index (χ0) is 17.2. The molecule has 1 saturated heterocycles. The number of aliphatic imine (C=N–C) groups is 1. The van der Waals surface area contributed by atoms with Crippen LogP contribution in [0, 0.1) is 0 Å². The Kier molecular flexibility index (Phi) is 5.13. The summed E-state index contributed by atoms with van der Waals surface area (Å²) in [4.78, 5) is 4.58. The van der Waals surface area contributed by atoms with Crippen LogP contribution >= 0.6 is 11.8 Å². The second-order valence-electron chi connectivity index (χ2n) is 6.31. The van der Waals surface area contributed by atoms with Crippen LogP contribution in [-0.2, 0) is 20.8 Å². The average molecular weight is 345 g/mol. The summed E-state index contributed by atoms with van der Waals surface area (Å²) in [5.41, 5.74) is 2.07. The van der Waals surface area contributed by atoms with Gasteiger partial charge in [0.15, 0.2) is 5.79 Å². The van der Waals surface area contributed by atoms with Gasteiger partial charge in [-0.25, -0.2) is 4.99 Å². The zero-order valence-electron chi connectivity index (χ0n) is 14.3. The zero-order valence-corrected chi connectivity index (χ0v) is 15.1. The van der Waals surface area contributed by atoms with E-state index >= 15 is 0 Å². The van der Waals surface area contributed by atoms with Gasteiger partial charge < -0.3 is 14.2 Å². The lowest BCUT2D eigenvalue weighted by Crippen LogP contribution is -2.40. The first-order valence-corrected chi connectivity index (χ1v) is 9.22. The second-order valence-corrected chi connectivity index (χ2v) is 7.07. The van der Waals surface area contributed by atoms with Crippen molar-refractivity contribution in [3.63, 3.8) is 0 Å². The maximum Gasteiger partial charge on any atom is 0.246 e. The van der Waals surface area contributed by atoms with E-state index in [1.807, 2.05) is 50.5 Å². The Morgan fingerprint density at radius 3 is 2.75 bits per heavy atom. The highest BCUT2D eigenvalue weighted by Crippen LogP contribution is 2.37. The lowest BCUT2D eigenvalue weighted by molar-refractivity contribution is -0.149. The molecule has 1 aromatic carbocycles. The fourth-order valence-electron chi connectivity index (χ4n) is 2.85. The Balaban J connectivity index is 1.71. The number of rotatable bonds is 3. The van der Waals surface area contributed by atoms with Gasteiger partial charge in [-0.05, 0) is 37.3 Å². The molecule has 128 valence electrons. The van der Waals surface area contributed by atoms with E-state index in [9.17, 15) is 0 Å². The molecule has 0 bridgehead atoms. The Bertz CT molecular complexity index is 654. The smallest absolute Gasteiger partial charge is 0.246 e. The molecule has 1 fully saturated rings. The molecule has 5 heteroatoms. The predicted molar refractivity (Wildman–Crippen MR) is 98.1 cm³/mol. The van der Waals surface area contributed by atoms with Gasteiger partial charge in [-0.3, -0.25) is 0 Å². The Labute approximate surface area is 147 Å². The van der Waals surface area contributed by atoms with Crippen LogP contribution in [0.1, 0.15) is 19.4 Å². The Morgan fingerprint density at radius 1 is 1.29 bits per heavy atom. The van der Waals surface area contributed by atoms with E-state index in [4.69, 9.17) is 14.2 Å². The summed E-state index contributed by atoms with van der Waals surface area (Å²) in [6.45, 7) is 8.47. The highest BCUT2D eigenvalue weighted by molar-refractivity contribution is 8.12. The number of nitrogens with zero attached hydrogens (tertiary/aromatic N) is 1. The molecule has 24 heavy (non-hydrogen) atoms. The molecule has 1 aliphatic heterocycles. The van der Waals surface area contributed by atoms with Crippen LogP contribution in [0.3, 0.4) is 0 Å². The summed E-state index contributed by atoms with van der Waals surface area (Å²) in [5, 5.41) is 0.646. The number of ether oxygens (including phenoxy) is 3. The minimum absolute atomic E-state index is 0.174. The summed E-state index contributed by atoms with van der Waals surface area (Å²) in [6, 6.07) is 10.1. The summed E-state index contributed by atoms with van der Waals surface area (Å²) >= 11 is 1.49. The molecule has 0 radical (unpaired) electrons. The SMILES string of the molecule is C=C1C=C[C@H](OC(=NCc2ccccc2)SC)[C@H]2OC(C)(C)O[C@H]12. The molecule has 1 heterocycles. The van der Waals surface area contributed by atoms with Crippen molar-refractivity contribution >= 4 is 17.0 Å². The van der Waals surface area contributed by atoms with Crippen molar-refractivity contribution in [1.82, 2.24) is 0 Å². The van der Waals surface area contributed by atoms with Gasteiger partial charge in [0.2, 0.25) is 5.23 Å². The monoisotopic (exact) mass is 345 g/mol. The van der Waals surface area contributed by atoms with E-state index in [0.29, 0.717) is 11.8 Å². The molecule has 3 rings (SSSR count). The van der Waals surface area contributed by atoms with E-state index in [-0.39, 0.29) is 18.3 Å². The van der Waals surface area contributed by atoms with E-state index < -0.39 is 5.79 Å². The number of hydrogen-bond donors (Lipinski definition) is 0. The Hall–Kier alpha value is -1.56. The van der Waals surface area contributed by atoms with Crippen LogP contribution in [0.25, 0.3) is 0 Å². The fraction of sp³-hybridized carbons (Fsp3) is 0.421. The number of thioether (sulfide) groups is 1. The van der Waals surface area contributed by atoms with E-state index in [1.165, 1.54) is 11.8 Å². The lowest BCUT2D eigenvalue weighted by Gasteiger charge is -2.28.